The van der Waals surface area contributed by atoms with Crippen molar-refractivity contribution in [1.82, 2.24) is 9.80 Å². The van der Waals surface area contributed by atoms with Crippen molar-refractivity contribution in [2.75, 3.05) is 52.5 Å². The average Bonchev–Trinajstić information content (AvgIpc) is 2.70. The summed E-state index contributed by atoms with van der Waals surface area (Å²) in [5.41, 5.74) is -0.702. The second kappa shape index (κ2) is 9.93. The molecule has 0 aliphatic carbocycles. The van der Waals surface area contributed by atoms with Crippen molar-refractivity contribution in [1.29, 1.82) is 0 Å². The van der Waals surface area contributed by atoms with Gasteiger partial charge in [0.1, 0.15) is 30.5 Å². The highest BCUT2D eigenvalue weighted by atomic mass is 19.4. The average molecular weight is 412 g/mol. The van der Waals surface area contributed by atoms with E-state index in [1.54, 1.807) is 12.1 Å². The van der Waals surface area contributed by atoms with Gasteiger partial charge in [0.2, 0.25) is 0 Å². The number of hydrogen-bond donors (Lipinski definition) is 0. The van der Waals surface area contributed by atoms with Gasteiger partial charge >= 0.3 is 6.18 Å². The summed E-state index contributed by atoms with van der Waals surface area (Å²) in [4.78, 5) is 4.51. The van der Waals surface area contributed by atoms with Crippen LogP contribution in [-0.4, -0.2) is 62.3 Å². The Kier molecular flexibility index (Phi) is 7.33. The van der Waals surface area contributed by atoms with E-state index in [1.165, 1.54) is 24.3 Å². The molecule has 1 saturated heterocycles. The third kappa shape index (κ3) is 6.90. The van der Waals surface area contributed by atoms with Gasteiger partial charge in [0.25, 0.3) is 0 Å². The molecule has 0 amide bonds. The molecule has 3 rings (SSSR count). The fourth-order valence-corrected chi connectivity index (χ4v) is 3.11. The molecule has 1 aliphatic rings. The lowest BCUT2D eigenvalue weighted by atomic mass is 10.2. The maximum absolute atomic E-state index is 12.9. The molecule has 0 radical (unpaired) electrons. The molecule has 0 unspecified atom stereocenters. The molecule has 0 atom stereocenters. The Morgan fingerprint density at radius 2 is 1.31 bits per heavy atom. The molecule has 1 aliphatic heterocycles. The van der Waals surface area contributed by atoms with Gasteiger partial charge < -0.3 is 9.47 Å². The minimum Gasteiger partial charge on any atom is -0.492 e. The maximum atomic E-state index is 12.9. The van der Waals surface area contributed by atoms with Crippen LogP contribution in [0.2, 0.25) is 0 Å². The number of alkyl halides is 3. The summed E-state index contributed by atoms with van der Waals surface area (Å²) in [6, 6.07) is 10.9. The first kappa shape index (κ1) is 21.4. The van der Waals surface area contributed by atoms with Crippen LogP contribution in [0.15, 0.2) is 48.5 Å². The highest BCUT2D eigenvalue weighted by Gasteiger charge is 2.30. The van der Waals surface area contributed by atoms with Gasteiger partial charge in [-0.05, 0) is 42.5 Å². The minimum atomic E-state index is -4.36. The van der Waals surface area contributed by atoms with Gasteiger partial charge in [0.15, 0.2) is 0 Å². The predicted molar refractivity (Wildman–Crippen MR) is 102 cm³/mol. The van der Waals surface area contributed by atoms with E-state index >= 15 is 0 Å². The maximum Gasteiger partial charge on any atom is 0.416 e. The topological polar surface area (TPSA) is 24.9 Å². The zero-order valence-corrected chi connectivity index (χ0v) is 16.0. The number of piperazine rings is 1. The number of benzene rings is 2. The van der Waals surface area contributed by atoms with Crippen LogP contribution in [0.1, 0.15) is 5.56 Å². The molecule has 0 aromatic heterocycles. The number of hydrogen-bond acceptors (Lipinski definition) is 4. The molecule has 4 nitrogen and oxygen atoms in total. The van der Waals surface area contributed by atoms with Crippen molar-refractivity contribution in [2.24, 2.45) is 0 Å². The summed E-state index contributed by atoms with van der Waals surface area (Å²) in [6.07, 6.45) is -4.36. The third-order valence-electron chi connectivity index (χ3n) is 4.79. The van der Waals surface area contributed by atoms with Crippen LogP contribution in [0.5, 0.6) is 11.5 Å². The first-order chi connectivity index (χ1) is 13.9. The first-order valence-electron chi connectivity index (χ1n) is 9.53. The second-order valence-corrected chi connectivity index (χ2v) is 6.86. The summed E-state index contributed by atoms with van der Waals surface area (Å²) < 4.78 is 62.1. The van der Waals surface area contributed by atoms with E-state index in [0.29, 0.717) is 25.5 Å². The second-order valence-electron chi connectivity index (χ2n) is 6.86. The van der Waals surface area contributed by atoms with Gasteiger partial charge in [-0.2, -0.15) is 13.2 Å². The van der Waals surface area contributed by atoms with Crippen molar-refractivity contribution in [3.05, 3.63) is 59.9 Å². The van der Waals surface area contributed by atoms with E-state index in [2.05, 4.69) is 9.80 Å². The molecule has 29 heavy (non-hydrogen) atoms. The summed E-state index contributed by atoms with van der Waals surface area (Å²) in [7, 11) is 0. The molecular weight excluding hydrogens is 388 g/mol. The quantitative estimate of drug-likeness (QED) is 0.614. The molecule has 8 heteroatoms. The van der Waals surface area contributed by atoms with Gasteiger partial charge in [0, 0.05) is 39.3 Å². The van der Waals surface area contributed by atoms with Crippen molar-refractivity contribution < 1.29 is 27.0 Å². The molecule has 0 saturated carbocycles. The summed E-state index contributed by atoms with van der Waals surface area (Å²) in [5.74, 6) is 0.596. The largest absolute Gasteiger partial charge is 0.492 e. The standard InChI is InChI=1S/C21H24F4N2O2/c22-18-4-6-19(7-5-18)28-14-12-26-8-10-27(11-9-26)13-15-29-20-3-1-2-17(16-20)21(23,24)25/h1-7,16H,8-15H2. The van der Waals surface area contributed by atoms with Crippen LogP contribution in [0, 0.1) is 5.82 Å². The Labute approximate surface area is 167 Å². The Bertz CT molecular complexity index is 760. The molecule has 0 bridgehead atoms. The molecule has 0 spiro atoms. The molecular formula is C21H24F4N2O2. The zero-order chi connectivity index (χ0) is 20.7. The van der Waals surface area contributed by atoms with Crippen LogP contribution in [0.25, 0.3) is 0 Å². The van der Waals surface area contributed by atoms with Crippen molar-refractivity contribution >= 4 is 0 Å². The summed E-state index contributed by atoms with van der Waals surface area (Å²) in [6.45, 7) is 5.82. The smallest absolute Gasteiger partial charge is 0.416 e. The van der Waals surface area contributed by atoms with Gasteiger partial charge in [-0.15, -0.1) is 0 Å². The summed E-state index contributed by atoms with van der Waals surface area (Å²) in [5, 5.41) is 0. The van der Waals surface area contributed by atoms with E-state index in [1.807, 2.05) is 0 Å². The van der Waals surface area contributed by atoms with Gasteiger partial charge in [-0.1, -0.05) is 6.07 Å². The number of ether oxygens (including phenoxy) is 2. The molecule has 1 fully saturated rings. The van der Waals surface area contributed by atoms with Gasteiger partial charge in [-0.25, -0.2) is 4.39 Å². The molecule has 0 N–H and O–H groups in total. The highest BCUT2D eigenvalue weighted by molar-refractivity contribution is 5.30. The fourth-order valence-electron chi connectivity index (χ4n) is 3.11. The van der Waals surface area contributed by atoms with Crippen LogP contribution < -0.4 is 9.47 Å². The van der Waals surface area contributed by atoms with Crippen molar-refractivity contribution in [3.8, 4) is 11.5 Å². The predicted octanol–water partition coefficient (Wildman–Crippen LogP) is 3.92. The molecule has 2 aromatic rings. The van der Waals surface area contributed by atoms with Crippen molar-refractivity contribution in [2.45, 2.75) is 6.18 Å². The van der Waals surface area contributed by atoms with Crippen molar-refractivity contribution in [3.63, 3.8) is 0 Å². The monoisotopic (exact) mass is 412 g/mol. The Morgan fingerprint density at radius 1 is 0.759 bits per heavy atom. The Hall–Kier alpha value is -2.32. The Morgan fingerprint density at radius 3 is 1.86 bits per heavy atom. The Balaban J connectivity index is 1.31. The number of rotatable bonds is 8. The lowest BCUT2D eigenvalue weighted by Crippen LogP contribution is -2.48. The number of halogens is 4. The number of nitrogens with zero attached hydrogens (tertiary/aromatic N) is 2. The lowest BCUT2D eigenvalue weighted by molar-refractivity contribution is -0.137. The van der Waals surface area contributed by atoms with Crippen LogP contribution in [-0.2, 0) is 6.18 Å². The molecule has 1 heterocycles. The summed E-state index contributed by atoms with van der Waals surface area (Å²) >= 11 is 0. The van der Waals surface area contributed by atoms with Gasteiger partial charge in [-0.3, -0.25) is 9.80 Å². The zero-order valence-electron chi connectivity index (χ0n) is 16.0. The SMILES string of the molecule is Fc1ccc(OCCN2CCN(CCOc3cccc(C(F)(F)F)c3)CC2)cc1. The van der Waals surface area contributed by atoms with E-state index in [4.69, 9.17) is 9.47 Å². The van der Waals surface area contributed by atoms with E-state index in [-0.39, 0.29) is 11.6 Å². The lowest BCUT2D eigenvalue weighted by Gasteiger charge is -2.34. The third-order valence-corrected chi connectivity index (χ3v) is 4.79. The highest BCUT2D eigenvalue weighted by Crippen LogP contribution is 2.31. The van der Waals surface area contributed by atoms with Crippen LogP contribution >= 0.6 is 0 Å². The van der Waals surface area contributed by atoms with E-state index < -0.39 is 11.7 Å². The normalized spacial score (nSPS) is 16.0. The van der Waals surface area contributed by atoms with Gasteiger partial charge in [0.05, 0.1) is 5.56 Å². The fraction of sp³-hybridized carbons (Fsp3) is 0.429. The van der Waals surface area contributed by atoms with E-state index in [9.17, 15) is 17.6 Å². The van der Waals surface area contributed by atoms with E-state index in [0.717, 1.165) is 44.9 Å². The molecule has 158 valence electrons. The minimum absolute atomic E-state index is 0.233. The van der Waals surface area contributed by atoms with Crippen LogP contribution in [0.3, 0.4) is 0 Å². The van der Waals surface area contributed by atoms with Crippen LogP contribution in [0.4, 0.5) is 17.6 Å². The molecule has 2 aromatic carbocycles. The first-order valence-corrected chi connectivity index (χ1v) is 9.53.